The first kappa shape index (κ1) is 14.7. The van der Waals surface area contributed by atoms with E-state index in [1.54, 1.807) is 13.0 Å². The highest BCUT2D eigenvalue weighted by molar-refractivity contribution is 5.41. The summed E-state index contributed by atoms with van der Waals surface area (Å²) in [4.78, 5) is 0. The summed E-state index contributed by atoms with van der Waals surface area (Å²) in [5, 5.41) is 0. The number of hydrogen-bond acceptors (Lipinski definition) is 2. The van der Waals surface area contributed by atoms with Gasteiger partial charge in [-0.05, 0) is 57.1 Å². The number of rotatable bonds is 6. The van der Waals surface area contributed by atoms with Gasteiger partial charge in [-0.1, -0.05) is 19.3 Å². The zero-order valence-corrected chi connectivity index (χ0v) is 12.9. The lowest BCUT2D eigenvalue weighted by Gasteiger charge is -2.25. The summed E-state index contributed by atoms with van der Waals surface area (Å²) in [6.45, 7) is 2.46. The zero-order chi connectivity index (χ0) is 14.7. The largest absolute Gasteiger partial charge is 0.493 e. The third-order valence-corrected chi connectivity index (χ3v) is 4.91. The molecule has 0 radical (unpaired) electrons. The SMILES string of the molecule is Cc1c(OCCC2CCC2)ccc(OC2CCCC2)c1F. The van der Waals surface area contributed by atoms with E-state index in [0.29, 0.717) is 23.7 Å². The first-order chi connectivity index (χ1) is 10.2. The topological polar surface area (TPSA) is 18.5 Å². The maximum Gasteiger partial charge on any atom is 0.171 e. The number of benzene rings is 1. The van der Waals surface area contributed by atoms with Gasteiger partial charge in [-0.15, -0.1) is 0 Å². The molecule has 21 heavy (non-hydrogen) atoms. The summed E-state index contributed by atoms with van der Waals surface area (Å²) in [6, 6.07) is 3.57. The molecule has 0 atom stereocenters. The van der Waals surface area contributed by atoms with E-state index >= 15 is 0 Å². The van der Waals surface area contributed by atoms with E-state index in [0.717, 1.165) is 25.2 Å². The maximum absolute atomic E-state index is 14.4. The third-order valence-electron chi connectivity index (χ3n) is 4.91. The van der Waals surface area contributed by atoms with Crippen LogP contribution in [0.4, 0.5) is 4.39 Å². The van der Waals surface area contributed by atoms with Gasteiger partial charge in [0.25, 0.3) is 0 Å². The standard InChI is InChI=1S/C18H25FO2/c1-13-16(20-12-11-14-5-4-6-14)9-10-17(18(13)19)21-15-7-2-3-8-15/h9-10,14-15H,2-8,11-12H2,1H3. The van der Waals surface area contributed by atoms with Gasteiger partial charge in [0.2, 0.25) is 0 Å². The van der Waals surface area contributed by atoms with Crippen LogP contribution in [0.5, 0.6) is 11.5 Å². The van der Waals surface area contributed by atoms with E-state index in [2.05, 4.69) is 0 Å². The Kier molecular flexibility index (Phi) is 4.67. The molecule has 0 aliphatic heterocycles. The van der Waals surface area contributed by atoms with Crippen LogP contribution in [0.2, 0.25) is 0 Å². The normalized spacial score (nSPS) is 19.5. The van der Waals surface area contributed by atoms with Crippen molar-refractivity contribution in [3.05, 3.63) is 23.5 Å². The van der Waals surface area contributed by atoms with Crippen molar-refractivity contribution in [2.24, 2.45) is 5.92 Å². The fourth-order valence-electron chi connectivity index (χ4n) is 3.19. The molecule has 2 nitrogen and oxygen atoms in total. The van der Waals surface area contributed by atoms with Crippen LogP contribution in [0, 0.1) is 18.7 Å². The molecule has 3 rings (SSSR count). The summed E-state index contributed by atoms with van der Waals surface area (Å²) in [5.74, 6) is 1.60. The predicted octanol–water partition coefficient (Wildman–Crippen LogP) is 5.02. The molecule has 3 heteroatoms. The Balaban J connectivity index is 1.58. The molecule has 116 valence electrons. The lowest BCUT2D eigenvalue weighted by Crippen LogP contribution is -2.15. The van der Waals surface area contributed by atoms with Gasteiger partial charge in [-0.3, -0.25) is 0 Å². The summed E-state index contributed by atoms with van der Waals surface area (Å²) < 4.78 is 25.9. The molecule has 0 aromatic heterocycles. The molecule has 0 amide bonds. The summed E-state index contributed by atoms with van der Waals surface area (Å²) >= 11 is 0. The van der Waals surface area contributed by atoms with Crippen molar-refractivity contribution in [3.8, 4) is 11.5 Å². The van der Waals surface area contributed by atoms with E-state index in [-0.39, 0.29) is 11.9 Å². The predicted molar refractivity (Wildman–Crippen MR) is 81.5 cm³/mol. The quantitative estimate of drug-likeness (QED) is 0.732. The van der Waals surface area contributed by atoms with Gasteiger partial charge in [0.05, 0.1) is 12.7 Å². The van der Waals surface area contributed by atoms with Gasteiger partial charge in [0, 0.05) is 5.56 Å². The van der Waals surface area contributed by atoms with Gasteiger partial charge in [-0.25, -0.2) is 4.39 Å². The lowest BCUT2D eigenvalue weighted by molar-refractivity contribution is 0.198. The van der Waals surface area contributed by atoms with Crippen molar-refractivity contribution in [3.63, 3.8) is 0 Å². The van der Waals surface area contributed by atoms with Gasteiger partial charge in [-0.2, -0.15) is 0 Å². The Bertz CT molecular complexity index is 476. The fraction of sp³-hybridized carbons (Fsp3) is 0.667. The average Bonchev–Trinajstić information content (AvgIpc) is 2.93. The molecule has 0 saturated heterocycles. The molecule has 0 heterocycles. The Morgan fingerprint density at radius 3 is 2.43 bits per heavy atom. The lowest BCUT2D eigenvalue weighted by atomic mass is 9.83. The fourth-order valence-corrected chi connectivity index (χ4v) is 3.19. The second-order valence-corrected chi connectivity index (χ2v) is 6.46. The highest BCUT2D eigenvalue weighted by atomic mass is 19.1. The molecule has 1 aromatic rings. The zero-order valence-electron chi connectivity index (χ0n) is 12.9. The molecule has 2 aliphatic carbocycles. The molecule has 0 unspecified atom stereocenters. The van der Waals surface area contributed by atoms with Crippen molar-refractivity contribution in [1.29, 1.82) is 0 Å². The summed E-state index contributed by atoms with van der Waals surface area (Å²) in [5.41, 5.74) is 0.569. The van der Waals surface area contributed by atoms with Crippen LogP contribution in [0.3, 0.4) is 0 Å². The van der Waals surface area contributed by atoms with Crippen molar-refractivity contribution in [1.82, 2.24) is 0 Å². The van der Waals surface area contributed by atoms with Gasteiger partial charge >= 0.3 is 0 Å². The highest BCUT2D eigenvalue weighted by Crippen LogP contribution is 2.33. The van der Waals surface area contributed by atoms with Crippen molar-refractivity contribution in [2.45, 2.75) is 64.4 Å². The first-order valence-corrected chi connectivity index (χ1v) is 8.32. The van der Waals surface area contributed by atoms with E-state index in [4.69, 9.17) is 9.47 Å². The molecule has 2 aliphatic rings. The number of hydrogen-bond donors (Lipinski definition) is 0. The monoisotopic (exact) mass is 292 g/mol. The van der Waals surface area contributed by atoms with E-state index in [1.807, 2.05) is 6.07 Å². The Hall–Kier alpha value is -1.25. The van der Waals surface area contributed by atoms with Crippen LogP contribution in [0.1, 0.15) is 56.9 Å². The van der Waals surface area contributed by atoms with E-state index < -0.39 is 0 Å². The minimum atomic E-state index is -0.261. The van der Waals surface area contributed by atoms with Crippen molar-refractivity contribution in [2.75, 3.05) is 6.61 Å². The second-order valence-electron chi connectivity index (χ2n) is 6.46. The van der Waals surface area contributed by atoms with Gasteiger partial charge in [0.1, 0.15) is 5.75 Å². The molecular weight excluding hydrogens is 267 g/mol. The maximum atomic E-state index is 14.4. The Morgan fingerprint density at radius 1 is 1.05 bits per heavy atom. The minimum absolute atomic E-state index is 0.185. The first-order valence-electron chi connectivity index (χ1n) is 8.32. The van der Waals surface area contributed by atoms with Gasteiger partial charge < -0.3 is 9.47 Å². The van der Waals surface area contributed by atoms with Gasteiger partial charge in [0.15, 0.2) is 11.6 Å². The highest BCUT2D eigenvalue weighted by Gasteiger charge is 2.20. The molecule has 0 bridgehead atoms. The smallest absolute Gasteiger partial charge is 0.171 e. The Labute approximate surface area is 126 Å². The molecular formula is C18H25FO2. The van der Waals surface area contributed by atoms with Crippen LogP contribution in [-0.4, -0.2) is 12.7 Å². The van der Waals surface area contributed by atoms with Crippen molar-refractivity contribution < 1.29 is 13.9 Å². The molecule has 0 N–H and O–H groups in total. The second kappa shape index (κ2) is 6.67. The molecule has 2 saturated carbocycles. The third kappa shape index (κ3) is 3.50. The van der Waals surface area contributed by atoms with Crippen LogP contribution in [-0.2, 0) is 0 Å². The number of ether oxygens (including phenoxy) is 2. The minimum Gasteiger partial charge on any atom is -0.493 e. The molecule has 1 aromatic carbocycles. The van der Waals surface area contributed by atoms with E-state index in [1.165, 1.54) is 32.1 Å². The van der Waals surface area contributed by atoms with Crippen LogP contribution < -0.4 is 9.47 Å². The summed E-state index contributed by atoms with van der Waals surface area (Å²) in [6.07, 6.45) is 9.73. The summed E-state index contributed by atoms with van der Waals surface area (Å²) in [7, 11) is 0. The average molecular weight is 292 g/mol. The van der Waals surface area contributed by atoms with Crippen LogP contribution >= 0.6 is 0 Å². The molecule has 0 spiro atoms. The van der Waals surface area contributed by atoms with E-state index in [9.17, 15) is 4.39 Å². The van der Waals surface area contributed by atoms with Crippen molar-refractivity contribution >= 4 is 0 Å². The molecule has 2 fully saturated rings. The van der Waals surface area contributed by atoms with Crippen LogP contribution in [0.15, 0.2) is 12.1 Å². The van der Waals surface area contributed by atoms with Crippen LogP contribution in [0.25, 0.3) is 0 Å². The number of halogens is 1. The Morgan fingerprint density at radius 2 is 1.76 bits per heavy atom.